The third-order valence-corrected chi connectivity index (χ3v) is 5.24. The van der Waals surface area contributed by atoms with Crippen LogP contribution in [-0.4, -0.2) is 38.2 Å². The van der Waals surface area contributed by atoms with Gasteiger partial charge in [0.1, 0.15) is 0 Å². The molecule has 0 radical (unpaired) electrons. The highest BCUT2D eigenvalue weighted by Gasteiger charge is 2.29. The van der Waals surface area contributed by atoms with Crippen LogP contribution in [0.25, 0.3) is 0 Å². The monoisotopic (exact) mass is 292 g/mol. The zero-order valence-corrected chi connectivity index (χ0v) is 12.6. The molecule has 1 aromatic rings. The van der Waals surface area contributed by atoms with Crippen LogP contribution in [0.4, 0.5) is 0 Å². The molecule has 4 nitrogen and oxygen atoms in total. The lowest BCUT2D eigenvalue weighted by molar-refractivity contribution is 0.279. The number of nitriles is 1. The predicted molar refractivity (Wildman–Crippen MR) is 78.1 cm³/mol. The van der Waals surface area contributed by atoms with Crippen molar-refractivity contribution in [2.24, 2.45) is 0 Å². The molecule has 108 valence electrons. The Bertz CT molecular complexity index is 601. The molecule has 0 aromatic heterocycles. The Morgan fingerprint density at radius 2 is 2.10 bits per heavy atom. The van der Waals surface area contributed by atoms with Gasteiger partial charge in [-0.25, -0.2) is 8.42 Å². The number of hydrogen-bond acceptors (Lipinski definition) is 4. The number of nitrogens with zero attached hydrogens (tertiary/aromatic N) is 2. The number of hydrogen-bond donors (Lipinski definition) is 0. The summed E-state index contributed by atoms with van der Waals surface area (Å²) in [5.41, 5.74) is 0.388. The van der Waals surface area contributed by atoms with E-state index in [0.717, 1.165) is 13.0 Å². The van der Waals surface area contributed by atoms with E-state index in [1.54, 1.807) is 18.2 Å². The Labute approximate surface area is 120 Å². The highest BCUT2D eigenvalue weighted by molar-refractivity contribution is 7.91. The van der Waals surface area contributed by atoms with Crippen molar-refractivity contribution in [1.29, 1.82) is 5.26 Å². The van der Waals surface area contributed by atoms with Crippen LogP contribution in [0.2, 0.25) is 0 Å². The topological polar surface area (TPSA) is 61.2 Å². The molecule has 1 fully saturated rings. The lowest BCUT2D eigenvalue weighted by Crippen LogP contribution is -2.32. The minimum atomic E-state index is -3.30. The van der Waals surface area contributed by atoms with Gasteiger partial charge in [0.2, 0.25) is 0 Å². The van der Waals surface area contributed by atoms with Crippen molar-refractivity contribution in [3.05, 3.63) is 29.8 Å². The second-order valence-corrected chi connectivity index (χ2v) is 7.33. The minimum absolute atomic E-state index is 0.123. The molecule has 1 saturated carbocycles. The van der Waals surface area contributed by atoms with Crippen LogP contribution in [0.15, 0.2) is 29.2 Å². The van der Waals surface area contributed by atoms with Crippen LogP contribution in [-0.2, 0) is 9.84 Å². The summed E-state index contributed by atoms with van der Waals surface area (Å²) in [6.07, 6.45) is 3.41. The summed E-state index contributed by atoms with van der Waals surface area (Å²) in [7, 11) is -3.30. The molecule has 0 amide bonds. The van der Waals surface area contributed by atoms with E-state index in [1.165, 1.54) is 18.9 Å². The average molecular weight is 292 g/mol. The van der Waals surface area contributed by atoms with Crippen molar-refractivity contribution in [2.75, 3.05) is 18.8 Å². The predicted octanol–water partition coefficient (Wildman–Crippen LogP) is 2.21. The van der Waals surface area contributed by atoms with Crippen LogP contribution < -0.4 is 0 Å². The molecule has 0 atom stereocenters. The van der Waals surface area contributed by atoms with Gasteiger partial charge in [0, 0.05) is 12.6 Å². The highest BCUT2D eigenvalue weighted by Crippen LogP contribution is 2.27. The summed E-state index contributed by atoms with van der Waals surface area (Å²) < 4.78 is 24.6. The first-order valence-electron chi connectivity index (χ1n) is 7.04. The number of benzene rings is 1. The first-order valence-corrected chi connectivity index (χ1v) is 8.69. The molecule has 0 heterocycles. The van der Waals surface area contributed by atoms with E-state index in [1.807, 2.05) is 6.07 Å². The number of rotatable bonds is 7. The fraction of sp³-hybridized carbons (Fsp3) is 0.533. The van der Waals surface area contributed by atoms with E-state index in [0.29, 0.717) is 18.2 Å². The van der Waals surface area contributed by atoms with E-state index < -0.39 is 9.84 Å². The van der Waals surface area contributed by atoms with E-state index in [-0.39, 0.29) is 10.6 Å². The van der Waals surface area contributed by atoms with Gasteiger partial charge >= 0.3 is 0 Å². The molecule has 0 saturated heterocycles. The lowest BCUT2D eigenvalue weighted by Gasteiger charge is -2.20. The second-order valence-electron chi connectivity index (χ2n) is 5.23. The van der Waals surface area contributed by atoms with Gasteiger partial charge in [-0.3, -0.25) is 4.90 Å². The largest absolute Gasteiger partial charge is 0.299 e. The van der Waals surface area contributed by atoms with Crippen LogP contribution in [0.3, 0.4) is 0 Å². The van der Waals surface area contributed by atoms with Gasteiger partial charge < -0.3 is 0 Å². The van der Waals surface area contributed by atoms with Crippen molar-refractivity contribution in [1.82, 2.24) is 4.90 Å². The Morgan fingerprint density at radius 1 is 1.35 bits per heavy atom. The number of sulfone groups is 1. The van der Waals surface area contributed by atoms with Crippen molar-refractivity contribution >= 4 is 9.84 Å². The molecule has 0 N–H and O–H groups in total. The summed E-state index contributed by atoms with van der Waals surface area (Å²) in [6, 6.07) is 8.82. The third kappa shape index (κ3) is 3.81. The van der Waals surface area contributed by atoms with E-state index >= 15 is 0 Å². The zero-order valence-electron chi connectivity index (χ0n) is 11.7. The Morgan fingerprint density at radius 3 is 2.70 bits per heavy atom. The van der Waals surface area contributed by atoms with Crippen molar-refractivity contribution < 1.29 is 8.42 Å². The van der Waals surface area contributed by atoms with Crippen molar-refractivity contribution in [2.45, 2.75) is 37.1 Å². The van der Waals surface area contributed by atoms with Crippen molar-refractivity contribution in [3.8, 4) is 6.07 Å². The summed E-state index contributed by atoms with van der Waals surface area (Å²) in [6.45, 7) is 3.65. The summed E-state index contributed by atoms with van der Waals surface area (Å²) in [5.74, 6) is 0.123. The van der Waals surface area contributed by atoms with Crippen LogP contribution >= 0.6 is 0 Å². The molecule has 0 unspecified atom stereocenters. The molecule has 0 spiro atoms. The zero-order chi connectivity index (χ0) is 14.6. The molecule has 1 aliphatic carbocycles. The van der Waals surface area contributed by atoms with Gasteiger partial charge in [-0.05, 0) is 44.0 Å². The second kappa shape index (κ2) is 6.38. The van der Waals surface area contributed by atoms with Crippen LogP contribution in [0.5, 0.6) is 0 Å². The Hall–Kier alpha value is -1.38. The highest BCUT2D eigenvalue weighted by atomic mass is 32.2. The van der Waals surface area contributed by atoms with Crippen LogP contribution in [0.1, 0.15) is 31.7 Å². The molecule has 1 aliphatic rings. The van der Waals surface area contributed by atoms with Gasteiger partial charge in [-0.1, -0.05) is 13.0 Å². The normalized spacial score (nSPS) is 15.2. The van der Waals surface area contributed by atoms with Crippen LogP contribution in [0, 0.1) is 11.3 Å². The van der Waals surface area contributed by atoms with Gasteiger partial charge in [-0.2, -0.15) is 5.26 Å². The molecular formula is C15H20N2O2S. The maximum absolute atomic E-state index is 12.3. The Balaban J connectivity index is 2.04. The van der Waals surface area contributed by atoms with E-state index in [4.69, 9.17) is 5.26 Å². The van der Waals surface area contributed by atoms with Gasteiger partial charge in [0.15, 0.2) is 9.84 Å². The third-order valence-electron chi connectivity index (χ3n) is 3.54. The smallest absolute Gasteiger partial charge is 0.179 e. The fourth-order valence-corrected chi connectivity index (χ4v) is 3.62. The minimum Gasteiger partial charge on any atom is -0.299 e. The van der Waals surface area contributed by atoms with Gasteiger partial charge in [-0.15, -0.1) is 0 Å². The van der Waals surface area contributed by atoms with Crippen molar-refractivity contribution in [3.63, 3.8) is 0 Å². The summed E-state index contributed by atoms with van der Waals surface area (Å²) in [5, 5.41) is 8.84. The molecule has 0 bridgehead atoms. The molecular weight excluding hydrogens is 272 g/mol. The van der Waals surface area contributed by atoms with Gasteiger partial charge in [0.05, 0.1) is 22.3 Å². The Kier molecular flexibility index (Phi) is 4.79. The average Bonchev–Trinajstić information content (AvgIpc) is 3.28. The summed E-state index contributed by atoms with van der Waals surface area (Å²) >= 11 is 0. The molecule has 2 rings (SSSR count). The fourth-order valence-electron chi connectivity index (χ4n) is 2.32. The SMILES string of the molecule is CCCN(CCS(=O)(=O)c1cccc(C#N)c1)C1CC1. The maximum atomic E-state index is 12.3. The quantitative estimate of drug-likeness (QED) is 0.773. The van der Waals surface area contributed by atoms with E-state index in [9.17, 15) is 8.42 Å². The molecule has 1 aromatic carbocycles. The molecule has 0 aliphatic heterocycles. The lowest BCUT2D eigenvalue weighted by atomic mass is 10.2. The van der Waals surface area contributed by atoms with E-state index in [2.05, 4.69) is 11.8 Å². The van der Waals surface area contributed by atoms with Gasteiger partial charge in [0.25, 0.3) is 0 Å². The summed E-state index contributed by atoms with van der Waals surface area (Å²) in [4.78, 5) is 2.52. The maximum Gasteiger partial charge on any atom is 0.179 e. The first kappa shape index (κ1) is 15.0. The molecule has 5 heteroatoms. The standard InChI is InChI=1S/C15H20N2O2S/c1-2-8-17(14-6-7-14)9-10-20(18,19)15-5-3-4-13(11-15)12-16/h3-5,11,14H,2,6-10H2,1H3. The first-order chi connectivity index (χ1) is 9.56. The molecule has 20 heavy (non-hydrogen) atoms.